The molecule has 0 aromatic heterocycles. The fourth-order valence-corrected chi connectivity index (χ4v) is 5.19. The topological polar surface area (TPSA) is 94.2 Å². The first-order chi connectivity index (χ1) is 20.3. The highest BCUT2D eigenvalue weighted by molar-refractivity contribution is 14.1. The Balaban J connectivity index is 1.35. The molecule has 0 bridgehead atoms. The third-order valence-corrected chi connectivity index (χ3v) is 7.51. The van der Waals surface area contributed by atoms with Crippen molar-refractivity contribution >= 4 is 63.8 Å². The second kappa shape index (κ2) is 13.1. The minimum absolute atomic E-state index is 0.207. The van der Waals surface area contributed by atoms with Gasteiger partial charge in [0.05, 0.1) is 16.4 Å². The van der Waals surface area contributed by atoms with E-state index in [1.165, 1.54) is 13.2 Å². The average Bonchev–Trinajstić information content (AvgIpc) is 2.99. The lowest BCUT2D eigenvalue weighted by Gasteiger charge is -2.26. The molecule has 0 saturated carbocycles. The van der Waals surface area contributed by atoms with E-state index in [-0.39, 0.29) is 12.2 Å². The summed E-state index contributed by atoms with van der Waals surface area (Å²) >= 11 is 8.34. The molecule has 0 spiro atoms. The molecule has 0 atom stereocenters. The van der Waals surface area contributed by atoms with E-state index in [0.717, 1.165) is 16.0 Å². The number of imide groups is 2. The highest BCUT2D eigenvalue weighted by Gasteiger charge is 2.37. The largest absolute Gasteiger partial charge is 0.493 e. The van der Waals surface area contributed by atoms with Crippen LogP contribution >= 0.6 is 34.2 Å². The summed E-state index contributed by atoms with van der Waals surface area (Å²) in [6.07, 6.45) is 1.41. The van der Waals surface area contributed by atoms with Gasteiger partial charge in [0, 0.05) is 10.6 Å². The van der Waals surface area contributed by atoms with E-state index in [2.05, 4.69) is 27.9 Å². The molecule has 1 heterocycles. The number of barbiturate groups is 1. The monoisotopic (exact) mass is 694 g/mol. The molecule has 1 aliphatic heterocycles. The number of nitrogens with one attached hydrogen (secondary N) is 1. The molecule has 0 radical (unpaired) electrons. The fraction of sp³-hybridized carbons (Fsp3) is 0.0938. The van der Waals surface area contributed by atoms with Crippen LogP contribution < -0.4 is 24.4 Å². The van der Waals surface area contributed by atoms with Gasteiger partial charge in [0.15, 0.2) is 11.5 Å². The lowest BCUT2D eigenvalue weighted by Crippen LogP contribution is -2.54. The number of rotatable bonds is 9. The van der Waals surface area contributed by atoms with Crippen LogP contribution in [0.25, 0.3) is 6.08 Å². The molecule has 4 aromatic rings. The smallest absolute Gasteiger partial charge is 0.335 e. The summed E-state index contributed by atoms with van der Waals surface area (Å²) in [5, 5.41) is 2.83. The molecule has 212 valence electrons. The van der Waals surface area contributed by atoms with Gasteiger partial charge >= 0.3 is 6.03 Å². The SMILES string of the molecule is COc1cc(/C=C2\C(=O)NC(=O)N(c3ccc(OCc4ccccc4)cc3)C2=O)cc(I)c1OCc1ccccc1Cl. The zero-order valence-electron chi connectivity index (χ0n) is 22.3. The number of benzene rings is 4. The van der Waals surface area contributed by atoms with E-state index < -0.39 is 17.8 Å². The van der Waals surface area contributed by atoms with Crippen LogP contribution in [0, 0.1) is 3.57 Å². The lowest BCUT2D eigenvalue weighted by atomic mass is 10.1. The van der Waals surface area contributed by atoms with Crippen LogP contribution in [0.2, 0.25) is 5.02 Å². The standard InChI is InChI=1S/C32H24ClIN2O6/c1-40-28-17-21(16-27(34)29(28)42-19-22-9-5-6-10-26(22)33)15-25-30(37)35-32(39)36(31(25)38)23-11-13-24(14-12-23)41-18-20-7-3-2-4-8-20/h2-17H,18-19H2,1H3,(H,35,37,39)/b25-15+. The number of hydrogen-bond donors (Lipinski definition) is 1. The van der Waals surface area contributed by atoms with Gasteiger partial charge < -0.3 is 14.2 Å². The van der Waals surface area contributed by atoms with Crippen molar-refractivity contribution in [3.63, 3.8) is 0 Å². The molecule has 8 nitrogen and oxygen atoms in total. The van der Waals surface area contributed by atoms with Gasteiger partial charge in [-0.25, -0.2) is 9.69 Å². The van der Waals surface area contributed by atoms with Gasteiger partial charge in [0.1, 0.15) is 24.5 Å². The van der Waals surface area contributed by atoms with Crippen LogP contribution in [0.5, 0.6) is 17.2 Å². The Labute approximate surface area is 261 Å². The molecule has 1 fully saturated rings. The first-order valence-corrected chi connectivity index (χ1v) is 14.2. The zero-order chi connectivity index (χ0) is 29.6. The molecular formula is C32H24ClIN2O6. The van der Waals surface area contributed by atoms with Crippen LogP contribution in [0.4, 0.5) is 10.5 Å². The fourth-order valence-electron chi connectivity index (χ4n) is 4.22. The highest BCUT2D eigenvalue weighted by atomic mass is 127. The number of hydrogen-bond acceptors (Lipinski definition) is 6. The van der Waals surface area contributed by atoms with Crippen LogP contribution in [-0.2, 0) is 22.8 Å². The Hall–Kier alpha value is -4.35. The third-order valence-electron chi connectivity index (χ3n) is 6.34. The highest BCUT2D eigenvalue weighted by Crippen LogP contribution is 2.36. The Morgan fingerprint density at radius 2 is 1.60 bits per heavy atom. The maximum atomic E-state index is 13.4. The first kappa shape index (κ1) is 29.2. The predicted molar refractivity (Wildman–Crippen MR) is 168 cm³/mol. The quantitative estimate of drug-likeness (QED) is 0.118. The van der Waals surface area contributed by atoms with E-state index in [1.54, 1.807) is 42.5 Å². The number of carbonyl (C=O) groups excluding carboxylic acids is 3. The number of carbonyl (C=O) groups is 3. The molecule has 4 aromatic carbocycles. The van der Waals surface area contributed by atoms with Crippen LogP contribution in [-0.4, -0.2) is 25.0 Å². The van der Waals surface area contributed by atoms with Gasteiger partial charge in [-0.15, -0.1) is 0 Å². The zero-order valence-corrected chi connectivity index (χ0v) is 25.2. The normalized spacial score (nSPS) is 14.1. The minimum Gasteiger partial charge on any atom is -0.493 e. The van der Waals surface area contributed by atoms with Crippen molar-refractivity contribution in [2.75, 3.05) is 12.0 Å². The van der Waals surface area contributed by atoms with Crippen molar-refractivity contribution in [1.29, 1.82) is 0 Å². The number of methoxy groups -OCH3 is 1. The Morgan fingerprint density at radius 3 is 2.31 bits per heavy atom. The maximum Gasteiger partial charge on any atom is 0.335 e. The third kappa shape index (κ3) is 6.58. The molecule has 1 N–H and O–H groups in total. The number of nitrogens with zero attached hydrogens (tertiary/aromatic N) is 1. The molecule has 0 unspecified atom stereocenters. The number of amides is 4. The minimum atomic E-state index is -0.837. The van der Waals surface area contributed by atoms with E-state index >= 15 is 0 Å². The van der Waals surface area contributed by atoms with Gasteiger partial charge in [-0.2, -0.15) is 0 Å². The number of halogens is 2. The van der Waals surface area contributed by atoms with Gasteiger partial charge in [-0.3, -0.25) is 14.9 Å². The summed E-state index contributed by atoms with van der Waals surface area (Å²) < 4.78 is 18.0. The van der Waals surface area contributed by atoms with E-state index in [1.807, 2.05) is 48.5 Å². The van der Waals surface area contributed by atoms with Gasteiger partial charge in [0.25, 0.3) is 11.8 Å². The number of ether oxygens (including phenoxy) is 3. The van der Waals surface area contributed by atoms with Gasteiger partial charge in [-0.05, 0) is 82.3 Å². The molecule has 5 rings (SSSR count). The Bertz CT molecular complexity index is 1670. The second-order valence-corrected chi connectivity index (χ2v) is 10.7. The van der Waals surface area contributed by atoms with Crippen molar-refractivity contribution in [3.05, 3.63) is 122 Å². The van der Waals surface area contributed by atoms with E-state index in [4.69, 9.17) is 25.8 Å². The van der Waals surface area contributed by atoms with E-state index in [9.17, 15) is 14.4 Å². The number of anilines is 1. The van der Waals surface area contributed by atoms with Gasteiger partial charge in [-0.1, -0.05) is 60.1 Å². The van der Waals surface area contributed by atoms with Crippen molar-refractivity contribution < 1.29 is 28.6 Å². The van der Waals surface area contributed by atoms with Gasteiger partial charge in [0.2, 0.25) is 0 Å². The molecule has 10 heteroatoms. The summed E-state index contributed by atoms with van der Waals surface area (Å²) in [5.41, 5.74) is 2.42. The molecule has 42 heavy (non-hydrogen) atoms. The molecule has 0 aliphatic carbocycles. The Kier molecular flexibility index (Phi) is 9.09. The number of urea groups is 1. The summed E-state index contributed by atoms with van der Waals surface area (Å²) in [7, 11) is 1.50. The van der Waals surface area contributed by atoms with Crippen molar-refractivity contribution in [3.8, 4) is 17.2 Å². The van der Waals surface area contributed by atoms with Crippen LogP contribution in [0.15, 0.2) is 96.6 Å². The molecule has 1 saturated heterocycles. The first-order valence-electron chi connectivity index (χ1n) is 12.8. The average molecular weight is 695 g/mol. The lowest BCUT2D eigenvalue weighted by molar-refractivity contribution is -0.122. The predicted octanol–water partition coefficient (Wildman–Crippen LogP) is 6.78. The van der Waals surface area contributed by atoms with Crippen LogP contribution in [0.3, 0.4) is 0 Å². The van der Waals surface area contributed by atoms with Crippen molar-refractivity contribution in [1.82, 2.24) is 5.32 Å². The molecule has 4 amide bonds. The molecule has 1 aliphatic rings. The summed E-state index contributed by atoms with van der Waals surface area (Å²) in [6, 6.07) is 26.1. The maximum absolute atomic E-state index is 13.4. The van der Waals surface area contributed by atoms with Crippen molar-refractivity contribution in [2.24, 2.45) is 0 Å². The summed E-state index contributed by atoms with van der Waals surface area (Å²) in [4.78, 5) is 39.8. The summed E-state index contributed by atoms with van der Waals surface area (Å²) in [5.74, 6) is -0.0842. The van der Waals surface area contributed by atoms with Crippen LogP contribution in [0.1, 0.15) is 16.7 Å². The summed E-state index contributed by atoms with van der Waals surface area (Å²) in [6.45, 7) is 0.595. The van der Waals surface area contributed by atoms with Crippen molar-refractivity contribution in [2.45, 2.75) is 13.2 Å². The van der Waals surface area contributed by atoms with E-state index in [0.29, 0.717) is 43.7 Å². The second-order valence-electron chi connectivity index (χ2n) is 9.14. The molecular weight excluding hydrogens is 671 g/mol. The Morgan fingerprint density at radius 1 is 0.881 bits per heavy atom.